The maximum atomic E-state index is 10.9. The molecule has 7 heteroatoms. The standard InChI is InChI=1S/C12H12ClN3O3/c1-6(2)18-9-5-7(13)3-4-8(9)11-15-12(10(14)17)19-16-11/h3-6H,1-2H3,(H2,14,17). The Balaban J connectivity index is 2.45. The van der Waals surface area contributed by atoms with Gasteiger partial charge in [0.05, 0.1) is 11.7 Å². The van der Waals surface area contributed by atoms with Gasteiger partial charge in [-0.1, -0.05) is 16.8 Å². The first-order valence-corrected chi connectivity index (χ1v) is 5.95. The minimum Gasteiger partial charge on any atom is -0.490 e. The van der Waals surface area contributed by atoms with Crippen molar-refractivity contribution in [3.63, 3.8) is 0 Å². The second-order valence-corrected chi connectivity index (χ2v) is 4.53. The number of hydrogen-bond donors (Lipinski definition) is 1. The molecule has 0 fully saturated rings. The van der Waals surface area contributed by atoms with Crippen molar-refractivity contribution in [2.45, 2.75) is 20.0 Å². The summed E-state index contributed by atoms with van der Waals surface area (Å²) >= 11 is 5.93. The third kappa shape index (κ3) is 3.03. The highest BCUT2D eigenvalue weighted by molar-refractivity contribution is 6.30. The number of carbonyl (C=O) groups is 1. The molecular weight excluding hydrogens is 270 g/mol. The third-order valence-electron chi connectivity index (χ3n) is 2.18. The van der Waals surface area contributed by atoms with E-state index in [4.69, 9.17) is 26.6 Å². The van der Waals surface area contributed by atoms with E-state index in [1.54, 1.807) is 18.2 Å². The molecule has 1 heterocycles. The highest BCUT2D eigenvalue weighted by Gasteiger charge is 2.17. The maximum Gasteiger partial charge on any atom is 0.316 e. The Labute approximate surface area is 114 Å². The predicted octanol–water partition coefficient (Wildman–Crippen LogP) is 2.28. The van der Waals surface area contributed by atoms with Gasteiger partial charge in [0.2, 0.25) is 5.82 Å². The Kier molecular flexibility index (Phi) is 3.71. The molecule has 0 bridgehead atoms. The van der Waals surface area contributed by atoms with Crippen LogP contribution in [0.5, 0.6) is 5.75 Å². The van der Waals surface area contributed by atoms with Crippen LogP contribution < -0.4 is 10.5 Å². The van der Waals surface area contributed by atoms with Gasteiger partial charge in [-0.05, 0) is 32.0 Å². The van der Waals surface area contributed by atoms with Crippen molar-refractivity contribution < 1.29 is 14.1 Å². The molecule has 2 N–H and O–H groups in total. The number of hydrogen-bond acceptors (Lipinski definition) is 5. The number of aromatic nitrogens is 2. The largest absolute Gasteiger partial charge is 0.490 e. The molecule has 0 atom stereocenters. The highest BCUT2D eigenvalue weighted by atomic mass is 35.5. The normalized spacial score (nSPS) is 10.7. The van der Waals surface area contributed by atoms with Gasteiger partial charge in [-0.2, -0.15) is 4.98 Å². The molecule has 0 saturated carbocycles. The van der Waals surface area contributed by atoms with Crippen molar-refractivity contribution in [2.24, 2.45) is 5.73 Å². The molecule has 1 aromatic carbocycles. The van der Waals surface area contributed by atoms with Gasteiger partial charge in [-0.25, -0.2) is 0 Å². The fourth-order valence-corrected chi connectivity index (χ4v) is 1.63. The Hall–Kier alpha value is -2.08. The first-order chi connectivity index (χ1) is 8.97. The maximum absolute atomic E-state index is 10.9. The minimum atomic E-state index is -0.779. The summed E-state index contributed by atoms with van der Waals surface area (Å²) in [4.78, 5) is 14.8. The van der Waals surface area contributed by atoms with E-state index in [9.17, 15) is 4.79 Å². The second-order valence-electron chi connectivity index (χ2n) is 4.09. The van der Waals surface area contributed by atoms with Gasteiger partial charge in [0, 0.05) is 5.02 Å². The lowest BCUT2D eigenvalue weighted by Crippen LogP contribution is -2.11. The molecule has 6 nitrogen and oxygen atoms in total. The SMILES string of the molecule is CC(C)Oc1cc(Cl)ccc1-c1noc(C(N)=O)n1. The van der Waals surface area contributed by atoms with Crippen LogP contribution in [0.3, 0.4) is 0 Å². The monoisotopic (exact) mass is 281 g/mol. The van der Waals surface area contributed by atoms with E-state index in [-0.39, 0.29) is 17.8 Å². The molecule has 0 unspecified atom stereocenters. The van der Waals surface area contributed by atoms with Crippen molar-refractivity contribution in [3.05, 3.63) is 29.1 Å². The van der Waals surface area contributed by atoms with E-state index in [0.29, 0.717) is 16.3 Å². The summed E-state index contributed by atoms with van der Waals surface area (Å²) in [5, 5.41) is 4.22. The summed E-state index contributed by atoms with van der Waals surface area (Å²) in [7, 11) is 0. The zero-order valence-corrected chi connectivity index (χ0v) is 11.1. The van der Waals surface area contributed by atoms with Crippen molar-refractivity contribution in [1.29, 1.82) is 0 Å². The third-order valence-corrected chi connectivity index (χ3v) is 2.42. The molecule has 2 rings (SSSR count). The second kappa shape index (κ2) is 5.27. The molecule has 0 saturated heterocycles. The van der Waals surface area contributed by atoms with Crippen LogP contribution in [-0.4, -0.2) is 22.2 Å². The van der Waals surface area contributed by atoms with Gasteiger partial charge in [0.25, 0.3) is 0 Å². The van der Waals surface area contributed by atoms with Gasteiger partial charge in [-0.3, -0.25) is 4.79 Å². The molecule has 0 aliphatic heterocycles. The Morgan fingerprint density at radius 3 is 2.79 bits per heavy atom. The molecular formula is C12H12ClN3O3. The summed E-state index contributed by atoms with van der Waals surface area (Å²) in [6.45, 7) is 3.77. The lowest BCUT2D eigenvalue weighted by molar-refractivity contribution is 0.0958. The van der Waals surface area contributed by atoms with E-state index in [2.05, 4.69) is 10.1 Å². The number of carbonyl (C=O) groups excluding carboxylic acids is 1. The lowest BCUT2D eigenvalue weighted by Gasteiger charge is -2.12. The number of amides is 1. The summed E-state index contributed by atoms with van der Waals surface area (Å²) in [6.07, 6.45) is -0.0419. The molecule has 1 amide bonds. The quantitative estimate of drug-likeness (QED) is 0.928. The average molecular weight is 282 g/mol. The Morgan fingerprint density at radius 2 is 2.21 bits per heavy atom. The van der Waals surface area contributed by atoms with E-state index in [0.717, 1.165) is 0 Å². The molecule has 1 aromatic heterocycles. The van der Waals surface area contributed by atoms with Crippen LogP contribution >= 0.6 is 11.6 Å². The van der Waals surface area contributed by atoms with E-state index < -0.39 is 5.91 Å². The summed E-state index contributed by atoms with van der Waals surface area (Å²) < 4.78 is 10.4. The summed E-state index contributed by atoms with van der Waals surface area (Å²) in [5.41, 5.74) is 5.64. The van der Waals surface area contributed by atoms with Crippen molar-refractivity contribution in [2.75, 3.05) is 0 Å². The molecule has 0 spiro atoms. The van der Waals surface area contributed by atoms with Crippen LogP contribution in [0.25, 0.3) is 11.4 Å². The van der Waals surface area contributed by atoms with Gasteiger partial charge in [-0.15, -0.1) is 0 Å². The van der Waals surface area contributed by atoms with Gasteiger partial charge >= 0.3 is 11.8 Å². The first kappa shape index (κ1) is 13.4. The van der Waals surface area contributed by atoms with Crippen LogP contribution in [0.1, 0.15) is 24.5 Å². The van der Waals surface area contributed by atoms with Crippen LogP contribution in [0.2, 0.25) is 5.02 Å². The van der Waals surface area contributed by atoms with Gasteiger partial charge < -0.3 is 15.0 Å². The van der Waals surface area contributed by atoms with Crippen molar-refractivity contribution >= 4 is 17.5 Å². The number of nitrogens with two attached hydrogens (primary N) is 1. The number of primary amides is 1. The molecule has 0 radical (unpaired) electrons. The molecule has 2 aromatic rings. The van der Waals surface area contributed by atoms with Crippen LogP contribution in [-0.2, 0) is 0 Å². The van der Waals surface area contributed by atoms with Gasteiger partial charge in [0.1, 0.15) is 5.75 Å². The average Bonchev–Trinajstić information content (AvgIpc) is 2.77. The number of rotatable bonds is 4. The van der Waals surface area contributed by atoms with E-state index in [1.807, 2.05) is 13.8 Å². The first-order valence-electron chi connectivity index (χ1n) is 5.57. The zero-order chi connectivity index (χ0) is 14.0. The molecule has 0 aliphatic carbocycles. The fourth-order valence-electron chi connectivity index (χ4n) is 1.47. The summed E-state index contributed by atoms with van der Waals surface area (Å²) in [5.74, 6) is -0.292. The Bertz CT molecular complexity index is 610. The smallest absolute Gasteiger partial charge is 0.316 e. The van der Waals surface area contributed by atoms with E-state index >= 15 is 0 Å². The Morgan fingerprint density at radius 1 is 1.47 bits per heavy atom. The van der Waals surface area contributed by atoms with Crippen LogP contribution in [0, 0.1) is 0 Å². The lowest BCUT2D eigenvalue weighted by atomic mass is 10.2. The number of nitrogens with zero attached hydrogens (tertiary/aromatic N) is 2. The number of ether oxygens (including phenoxy) is 1. The van der Waals surface area contributed by atoms with Gasteiger partial charge in [0.15, 0.2) is 0 Å². The summed E-state index contributed by atoms with van der Waals surface area (Å²) in [6, 6.07) is 5.01. The molecule has 0 aliphatic rings. The minimum absolute atomic E-state index is 0.0419. The van der Waals surface area contributed by atoms with Crippen molar-refractivity contribution in [3.8, 4) is 17.1 Å². The molecule has 100 valence electrons. The number of halogens is 1. The molecule has 19 heavy (non-hydrogen) atoms. The predicted molar refractivity (Wildman–Crippen MR) is 69.0 cm³/mol. The zero-order valence-electron chi connectivity index (χ0n) is 10.4. The van der Waals surface area contributed by atoms with Crippen LogP contribution in [0.15, 0.2) is 22.7 Å². The number of benzene rings is 1. The fraction of sp³-hybridized carbons (Fsp3) is 0.250. The van der Waals surface area contributed by atoms with Crippen LogP contribution in [0.4, 0.5) is 0 Å². The van der Waals surface area contributed by atoms with E-state index in [1.165, 1.54) is 0 Å². The highest BCUT2D eigenvalue weighted by Crippen LogP contribution is 2.31. The van der Waals surface area contributed by atoms with Crippen molar-refractivity contribution in [1.82, 2.24) is 10.1 Å². The topological polar surface area (TPSA) is 91.2 Å².